The number of alkyl halides is 2. The van der Waals surface area contributed by atoms with Crippen molar-refractivity contribution in [3.63, 3.8) is 0 Å². The smallest absolute Gasteiger partial charge is 0.0620 e. The fourth-order valence-corrected chi connectivity index (χ4v) is 10.9. The Kier molecular flexibility index (Phi) is 5.06. The molecule has 116 valence electrons. The lowest BCUT2D eigenvalue weighted by Crippen LogP contribution is -2.39. The van der Waals surface area contributed by atoms with Gasteiger partial charge in [-0.1, -0.05) is 54.6 Å². The van der Waals surface area contributed by atoms with E-state index in [0.717, 1.165) is 0 Å². The van der Waals surface area contributed by atoms with Crippen LogP contribution in [0.25, 0.3) is 0 Å². The highest BCUT2D eigenvalue weighted by molar-refractivity contribution is 9.27. The van der Waals surface area contributed by atoms with Gasteiger partial charge in [0.1, 0.15) is 23.2 Å². The molecule has 0 fully saturated rings. The zero-order valence-electron chi connectivity index (χ0n) is 12.9. The highest BCUT2D eigenvalue weighted by atomic mass is 79.9. The zero-order chi connectivity index (χ0) is 16.3. The van der Waals surface area contributed by atoms with Crippen LogP contribution in [0.5, 0.6) is 0 Å². The van der Waals surface area contributed by atoms with E-state index in [-0.39, 0.29) is 2.97 Å². The van der Waals surface area contributed by atoms with Gasteiger partial charge in [0.15, 0.2) is 2.97 Å². The van der Waals surface area contributed by atoms with E-state index in [1.165, 1.54) is 15.9 Å². The molecule has 0 aliphatic heterocycles. The summed E-state index contributed by atoms with van der Waals surface area (Å²) >= 11 is 7.96. The van der Waals surface area contributed by atoms with Crippen LogP contribution < -0.4 is 15.9 Å². The highest BCUT2D eigenvalue weighted by Gasteiger charge is 2.58. The Labute approximate surface area is 155 Å². The molecule has 3 aromatic rings. The molecule has 0 nitrogen and oxygen atoms in total. The molecule has 0 saturated carbocycles. The molecule has 0 N–H and O–H groups in total. The summed E-state index contributed by atoms with van der Waals surface area (Å²) in [5.41, 5.74) is 0. The summed E-state index contributed by atoms with van der Waals surface area (Å²) in [6, 6.07) is 32.5. The van der Waals surface area contributed by atoms with Gasteiger partial charge in [0.05, 0.1) is 0 Å². The number of rotatable bonds is 4. The van der Waals surface area contributed by atoms with Crippen molar-refractivity contribution in [1.29, 1.82) is 0 Å². The third-order valence-electron chi connectivity index (χ3n) is 4.02. The van der Waals surface area contributed by atoms with Gasteiger partial charge in [-0.2, -0.15) is 0 Å². The standard InChI is InChI=1S/C20H18Br2P/c1-20(21,22)23(17-11-5-2-6-12-17,18-13-7-3-8-14-18)19-15-9-4-10-16-19/h2-16H,1H3/q+1. The molecule has 0 aromatic heterocycles. The van der Waals surface area contributed by atoms with Crippen molar-refractivity contribution in [2.24, 2.45) is 0 Å². The first kappa shape index (κ1) is 16.9. The van der Waals surface area contributed by atoms with Gasteiger partial charge in [0.25, 0.3) is 0 Å². The second-order valence-corrected chi connectivity index (χ2v) is 14.8. The minimum absolute atomic E-state index is 0.239. The van der Waals surface area contributed by atoms with Crippen LogP contribution in [0.1, 0.15) is 6.92 Å². The largest absolute Gasteiger partial charge is 0.197 e. The van der Waals surface area contributed by atoms with E-state index in [2.05, 4.69) is 130 Å². The van der Waals surface area contributed by atoms with E-state index >= 15 is 0 Å². The minimum atomic E-state index is -1.90. The van der Waals surface area contributed by atoms with Crippen molar-refractivity contribution in [1.82, 2.24) is 0 Å². The Bertz CT molecular complexity index is 653. The van der Waals surface area contributed by atoms with Gasteiger partial charge in [0.2, 0.25) is 0 Å². The summed E-state index contributed by atoms with van der Waals surface area (Å²) in [6.45, 7) is 2.22. The Hall–Kier alpha value is -0.950. The lowest BCUT2D eigenvalue weighted by Gasteiger charge is -2.35. The number of hydrogen-bond acceptors (Lipinski definition) is 0. The van der Waals surface area contributed by atoms with Gasteiger partial charge in [-0.25, -0.2) is 0 Å². The van der Waals surface area contributed by atoms with Gasteiger partial charge in [-0.3, -0.25) is 0 Å². The van der Waals surface area contributed by atoms with Gasteiger partial charge < -0.3 is 0 Å². The molecule has 0 radical (unpaired) electrons. The SMILES string of the molecule is CC(Br)(Br)[P+](c1ccccc1)(c1ccccc1)c1ccccc1. The molecule has 0 amide bonds. The van der Waals surface area contributed by atoms with Crippen LogP contribution in [0.3, 0.4) is 0 Å². The van der Waals surface area contributed by atoms with E-state index in [9.17, 15) is 0 Å². The quantitative estimate of drug-likeness (QED) is 0.368. The number of hydrogen-bond donors (Lipinski definition) is 0. The maximum atomic E-state index is 3.98. The predicted octanol–water partition coefficient (Wildman–Crippen LogP) is 5.44. The molecule has 0 saturated heterocycles. The first-order valence-electron chi connectivity index (χ1n) is 7.50. The topological polar surface area (TPSA) is 0 Å². The zero-order valence-corrected chi connectivity index (χ0v) is 16.9. The maximum absolute atomic E-state index is 3.98. The van der Waals surface area contributed by atoms with Crippen LogP contribution >= 0.6 is 39.1 Å². The van der Waals surface area contributed by atoms with E-state index in [4.69, 9.17) is 0 Å². The summed E-state index contributed by atoms with van der Waals surface area (Å²) in [5.74, 6) is 0. The molecule has 3 aromatic carbocycles. The van der Waals surface area contributed by atoms with Crippen LogP contribution in [0.2, 0.25) is 0 Å². The normalized spacial score (nSPS) is 12.1. The summed E-state index contributed by atoms with van der Waals surface area (Å²) in [5, 5.41) is 4.07. The molecule has 3 heteroatoms. The molecule has 0 aliphatic rings. The molecule has 0 spiro atoms. The fraction of sp³-hybridized carbons (Fsp3) is 0.100. The van der Waals surface area contributed by atoms with Crippen molar-refractivity contribution >= 4 is 55.0 Å². The number of halogens is 2. The molecular formula is C20H18Br2P+. The Morgan fingerprint density at radius 1 is 0.565 bits per heavy atom. The first-order chi connectivity index (χ1) is 11.1. The monoisotopic (exact) mass is 447 g/mol. The molecular weight excluding hydrogens is 431 g/mol. The first-order valence-corrected chi connectivity index (χ1v) is 10.9. The van der Waals surface area contributed by atoms with Gasteiger partial charge in [0, 0.05) is 0 Å². The molecule has 0 heterocycles. The average molecular weight is 449 g/mol. The summed E-state index contributed by atoms with van der Waals surface area (Å²) in [6.07, 6.45) is 0. The van der Waals surface area contributed by atoms with Gasteiger partial charge in [-0.15, -0.1) is 0 Å². The van der Waals surface area contributed by atoms with Crippen LogP contribution in [0.15, 0.2) is 91.0 Å². The van der Waals surface area contributed by atoms with Crippen molar-refractivity contribution in [3.8, 4) is 0 Å². The molecule has 0 aliphatic carbocycles. The van der Waals surface area contributed by atoms with Crippen LogP contribution in [0.4, 0.5) is 0 Å². The fourth-order valence-electron chi connectivity index (χ4n) is 3.08. The van der Waals surface area contributed by atoms with E-state index < -0.39 is 7.26 Å². The second-order valence-electron chi connectivity index (χ2n) is 5.52. The lowest BCUT2D eigenvalue weighted by atomic mass is 10.4. The summed E-state index contributed by atoms with van der Waals surface area (Å²) in [4.78, 5) is 0. The molecule has 23 heavy (non-hydrogen) atoms. The lowest BCUT2D eigenvalue weighted by molar-refractivity contribution is 1.35. The van der Waals surface area contributed by atoms with Crippen LogP contribution in [-0.4, -0.2) is 2.97 Å². The van der Waals surface area contributed by atoms with Crippen molar-refractivity contribution in [3.05, 3.63) is 91.0 Å². The van der Waals surface area contributed by atoms with Crippen LogP contribution in [0, 0.1) is 0 Å². The van der Waals surface area contributed by atoms with Crippen LogP contribution in [-0.2, 0) is 0 Å². The Morgan fingerprint density at radius 3 is 1.04 bits per heavy atom. The average Bonchev–Trinajstić information content (AvgIpc) is 2.57. The summed E-state index contributed by atoms with van der Waals surface area (Å²) in [7, 11) is -1.90. The molecule has 0 bridgehead atoms. The minimum Gasteiger partial charge on any atom is -0.0620 e. The van der Waals surface area contributed by atoms with E-state index in [1.54, 1.807) is 0 Å². The predicted molar refractivity (Wildman–Crippen MR) is 111 cm³/mol. The van der Waals surface area contributed by atoms with Gasteiger partial charge in [-0.05, 0) is 75.2 Å². The maximum Gasteiger partial charge on any atom is 0.197 e. The Balaban J connectivity index is 2.41. The van der Waals surface area contributed by atoms with Crippen molar-refractivity contribution in [2.75, 3.05) is 0 Å². The van der Waals surface area contributed by atoms with Gasteiger partial charge >= 0.3 is 0 Å². The third-order valence-corrected chi connectivity index (χ3v) is 11.6. The summed E-state index contributed by atoms with van der Waals surface area (Å²) < 4.78 is -0.239. The van der Waals surface area contributed by atoms with E-state index in [0.29, 0.717) is 0 Å². The molecule has 0 unspecified atom stereocenters. The third kappa shape index (κ3) is 3.05. The second kappa shape index (κ2) is 6.89. The number of benzene rings is 3. The van der Waals surface area contributed by atoms with E-state index in [1.807, 2.05) is 0 Å². The van der Waals surface area contributed by atoms with Crippen molar-refractivity contribution in [2.45, 2.75) is 9.90 Å². The highest BCUT2D eigenvalue weighted by Crippen LogP contribution is 2.71. The molecule has 0 atom stereocenters. The van der Waals surface area contributed by atoms with Crippen molar-refractivity contribution < 1.29 is 0 Å². The Morgan fingerprint density at radius 2 is 0.826 bits per heavy atom. The molecule has 3 rings (SSSR count).